The summed E-state index contributed by atoms with van der Waals surface area (Å²) in [6.45, 7) is 3.57. The molecule has 1 aliphatic rings. The Kier molecular flexibility index (Phi) is 6.82. The van der Waals surface area contributed by atoms with Crippen molar-refractivity contribution < 1.29 is 23.8 Å². The molecule has 7 nitrogen and oxygen atoms in total. The molecule has 4 rings (SSSR count). The molecule has 0 saturated carbocycles. The number of amides is 2. The number of carbonyl (C=O) groups is 2. The van der Waals surface area contributed by atoms with E-state index in [9.17, 15) is 9.59 Å². The predicted molar refractivity (Wildman–Crippen MR) is 129 cm³/mol. The lowest BCUT2D eigenvalue weighted by Gasteiger charge is -2.30. The Labute approximate surface area is 198 Å². The molecular formula is C27H26N2O5. The Bertz CT molecular complexity index is 1190. The van der Waals surface area contributed by atoms with Crippen LogP contribution in [0.3, 0.4) is 0 Å². The summed E-state index contributed by atoms with van der Waals surface area (Å²) in [5.74, 6) is 1.51. The van der Waals surface area contributed by atoms with Gasteiger partial charge in [0.25, 0.3) is 0 Å². The molecule has 1 heterocycles. The summed E-state index contributed by atoms with van der Waals surface area (Å²) in [6, 6.07) is 22.7. The second-order valence-corrected chi connectivity index (χ2v) is 7.99. The molecular weight excluding hydrogens is 432 g/mol. The summed E-state index contributed by atoms with van der Waals surface area (Å²) in [6.07, 6.45) is -0.322. The van der Waals surface area contributed by atoms with E-state index in [1.807, 2.05) is 42.5 Å². The first kappa shape index (κ1) is 22.9. The van der Waals surface area contributed by atoms with Crippen LogP contribution in [-0.4, -0.2) is 25.2 Å². The highest BCUT2D eigenvalue weighted by molar-refractivity contribution is 6.04. The van der Waals surface area contributed by atoms with Crippen molar-refractivity contribution in [3.63, 3.8) is 0 Å². The van der Waals surface area contributed by atoms with Gasteiger partial charge in [-0.2, -0.15) is 0 Å². The van der Waals surface area contributed by atoms with Crippen molar-refractivity contribution >= 4 is 17.7 Å². The van der Waals surface area contributed by atoms with Crippen LogP contribution in [0.25, 0.3) is 5.70 Å². The normalized spacial score (nSPS) is 15.4. The van der Waals surface area contributed by atoms with Gasteiger partial charge in [-0.05, 0) is 73.5 Å². The number of benzene rings is 3. The fraction of sp³-hybridized carbons (Fsp3) is 0.185. The van der Waals surface area contributed by atoms with E-state index in [1.54, 1.807) is 57.4 Å². The zero-order chi connectivity index (χ0) is 24.1. The summed E-state index contributed by atoms with van der Waals surface area (Å²) in [5, 5.41) is 5.64. The van der Waals surface area contributed by atoms with Gasteiger partial charge in [0.05, 0.1) is 30.5 Å². The van der Waals surface area contributed by atoms with Crippen LogP contribution in [0.4, 0.5) is 4.79 Å². The van der Waals surface area contributed by atoms with Crippen LogP contribution in [0.1, 0.15) is 31.0 Å². The Balaban J connectivity index is 1.72. The first-order valence-electron chi connectivity index (χ1n) is 10.9. The van der Waals surface area contributed by atoms with E-state index < -0.39 is 18.0 Å². The van der Waals surface area contributed by atoms with Crippen LogP contribution in [0.2, 0.25) is 0 Å². The minimum atomic E-state index is -0.706. The summed E-state index contributed by atoms with van der Waals surface area (Å²) in [5.41, 5.74) is 2.10. The molecule has 1 atom stereocenters. The van der Waals surface area contributed by atoms with Gasteiger partial charge in [0.15, 0.2) is 0 Å². The van der Waals surface area contributed by atoms with Crippen LogP contribution >= 0.6 is 0 Å². The smallest absolute Gasteiger partial charge is 0.338 e. The third-order valence-corrected chi connectivity index (χ3v) is 5.21. The van der Waals surface area contributed by atoms with Crippen LogP contribution in [0.15, 0.2) is 84.4 Å². The second kappa shape index (κ2) is 10.1. The number of hydrogen-bond acceptors (Lipinski definition) is 5. The number of ether oxygens (including phenoxy) is 3. The molecule has 174 valence electrons. The Morgan fingerprint density at radius 2 is 1.47 bits per heavy atom. The minimum Gasteiger partial charge on any atom is -0.497 e. The van der Waals surface area contributed by atoms with Crippen molar-refractivity contribution in [2.75, 3.05) is 7.11 Å². The maximum absolute atomic E-state index is 13.2. The number of hydrogen-bond donors (Lipinski definition) is 2. The first-order valence-corrected chi connectivity index (χ1v) is 10.9. The average molecular weight is 459 g/mol. The molecule has 34 heavy (non-hydrogen) atoms. The molecule has 2 N–H and O–H groups in total. The highest BCUT2D eigenvalue weighted by Gasteiger charge is 2.34. The molecule has 1 aliphatic heterocycles. The monoisotopic (exact) mass is 458 g/mol. The highest BCUT2D eigenvalue weighted by Crippen LogP contribution is 2.34. The number of esters is 1. The molecule has 2 amide bonds. The number of carbonyl (C=O) groups excluding carboxylic acids is 2. The van der Waals surface area contributed by atoms with Crippen LogP contribution in [-0.2, 0) is 9.53 Å². The van der Waals surface area contributed by atoms with E-state index in [0.717, 1.165) is 5.56 Å². The van der Waals surface area contributed by atoms with Crippen molar-refractivity contribution in [3.05, 3.63) is 95.6 Å². The molecule has 0 aliphatic carbocycles. The zero-order valence-electron chi connectivity index (χ0n) is 19.2. The Morgan fingerprint density at radius 1 is 0.853 bits per heavy atom. The lowest BCUT2D eigenvalue weighted by molar-refractivity contribution is -0.143. The van der Waals surface area contributed by atoms with Crippen LogP contribution in [0.5, 0.6) is 17.2 Å². The van der Waals surface area contributed by atoms with Gasteiger partial charge in [-0.3, -0.25) is 0 Å². The zero-order valence-corrected chi connectivity index (χ0v) is 19.2. The largest absolute Gasteiger partial charge is 0.497 e. The van der Waals surface area contributed by atoms with Crippen molar-refractivity contribution in [1.29, 1.82) is 0 Å². The summed E-state index contributed by atoms with van der Waals surface area (Å²) >= 11 is 0. The van der Waals surface area contributed by atoms with Crippen LogP contribution < -0.4 is 20.1 Å². The van der Waals surface area contributed by atoms with Crippen molar-refractivity contribution in [2.45, 2.75) is 26.0 Å². The third-order valence-electron chi connectivity index (χ3n) is 5.21. The van der Waals surface area contributed by atoms with Crippen molar-refractivity contribution in [3.8, 4) is 17.2 Å². The fourth-order valence-corrected chi connectivity index (χ4v) is 3.65. The number of urea groups is 1. The molecule has 0 bridgehead atoms. The highest BCUT2D eigenvalue weighted by atomic mass is 16.5. The molecule has 3 aromatic rings. The topological polar surface area (TPSA) is 85.9 Å². The van der Waals surface area contributed by atoms with Gasteiger partial charge in [-0.25, -0.2) is 9.59 Å². The first-order chi connectivity index (χ1) is 16.4. The molecule has 0 saturated heterocycles. The summed E-state index contributed by atoms with van der Waals surface area (Å²) in [4.78, 5) is 25.8. The summed E-state index contributed by atoms with van der Waals surface area (Å²) in [7, 11) is 1.58. The molecule has 0 radical (unpaired) electrons. The molecule has 0 fully saturated rings. The van der Waals surface area contributed by atoms with Gasteiger partial charge in [0.1, 0.15) is 17.2 Å². The molecule has 3 aromatic carbocycles. The molecule has 7 heteroatoms. The lowest BCUT2D eigenvalue weighted by Crippen LogP contribution is -2.45. The van der Waals surface area contributed by atoms with Crippen molar-refractivity contribution in [1.82, 2.24) is 10.6 Å². The quantitative estimate of drug-likeness (QED) is 0.475. The molecule has 0 spiro atoms. The Hall–Kier alpha value is -4.26. The van der Waals surface area contributed by atoms with E-state index in [0.29, 0.717) is 34.1 Å². The van der Waals surface area contributed by atoms with Gasteiger partial charge in [0, 0.05) is 0 Å². The molecule has 1 unspecified atom stereocenters. The SMILES string of the molecule is COc1ccc(C2=C(C(=O)OC(C)C)C(c3ccc(Oc4ccccc4)cc3)NC(=O)N2)cc1. The van der Waals surface area contributed by atoms with Gasteiger partial charge in [0.2, 0.25) is 0 Å². The predicted octanol–water partition coefficient (Wildman–Crippen LogP) is 5.20. The number of methoxy groups -OCH3 is 1. The van der Waals surface area contributed by atoms with Crippen LogP contribution in [0, 0.1) is 0 Å². The third kappa shape index (κ3) is 5.20. The standard InChI is InChI=1S/C27H26N2O5/c1-17(2)33-26(30)23-24(18-9-13-20(32-3)14-10-18)28-27(31)29-25(23)19-11-15-22(16-12-19)34-21-7-5-4-6-8-21/h4-17,25H,1-3H3,(H2,28,29,31). The number of nitrogens with one attached hydrogen (secondary N) is 2. The summed E-state index contributed by atoms with van der Waals surface area (Å²) < 4.78 is 16.6. The number of para-hydroxylation sites is 1. The lowest BCUT2D eigenvalue weighted by atomic mass is 9.92. The molecule has 0 aromatic heterocycles. The van der Waals surface area contributed by atoms with Gasteiger partial charge in [-0.15, -0.1) is 0 Å². The van der Waals surface area contributed by atoms with Gasteiger partial charge >= 0.3 is 12.0 Å². The number of rotatable bonds is 7. The van der Waals surface area contributed by atoms with Gasteiger partial charge in [-0.1, -0.05) is 30.3 Å². The Morgan fingerprint density at radius 3 is 2.09 bits per heavy atom. The second-order valence-electron chi connectivity index (χ2n) is 7.99. The van der Waals surface area contributed by atoms with E-state index in [2.05, 4.69) is 10.6 Å². The van der Waals surface area contributed by atoms with E-state index >= 15 is 0 Å². The fourth-order valence-electron chi connectivity index (χ4n) is 3.65. The van der Waals surface area contributed by atoms with E-state index in [-0.39, 0.29) is 6.10 Å². The van der Waals surface area contributed by atoms with Gasteiger partial charge < -0.3 is 24.8 Å². The maximum atomic E-state index is 13.2. The van der Waals surface area contributed by atoms with Crippen molar-refractivity contribution in [2.24, 2.45) is 0 Å². The minimum absolute atomic E-state index is 0.315. The maximum Gasteiger partial charge on any atom is 0.338 e. The van der Waals surface area contributed by atoms with E-state index in [4.69, 9.17) is 14.2 Å². The van der Waals surface area contributed by atoms with E-state index in [1.165, 1.54) is 0 Å². The average Bonchev–Trinajstić information content (AvgIpc) is 2.84.